The molecular weight excluding hydrogens is 410 g/mol. The van der Waals surface area contributed by atoms with Crippen molar-refractivity contribution in [1.29, 1.82) is 0 Å². The van der Waals surface area contributed by atoms with E-state index in [4.69, 9.17) is 18.9 Å². The number of aromatic nitrogens is 1. The van der Waals surface area contributed by atoms with Crippen LogP contribution < -0.4 is 14.2 Å². The Morgan fingerprint density at radius 3 is 2.66 bits per heavy atom. The Labute approximate surface area is 186 Å². The highest BCUT2D eigenvalue weighted by molar-refractivity contribution is 6.15. The second-order valence-electron chi connectivity index (χ2n) is 7.68. The molecule has 2 heterocycles. The molecule has 0 bridgehead atoms. The average Bonchev–Trinajstić information content (AvgIpc) is 3.28. The number of hydrogen-bond donors (Lipinski definition) is 0. The van der Waals surface area contributed by atoms with E-state index in [9.17, 15) is 9.59 Å². The SMILES string of the molecule is CCn1cc(/C=C2/Oc3cc(OCC(=O)OC(C)C)ccc3C2=O)c2cc(OC)ccc21. The van der Waals surface area contributed by atoms with Crippen LogP contribution in [0, 0.1) is 0 Å². The summed E-state index contributed by atoms with van der Waals surface area (Å²) >= 11 is 0. The second-order valence-corrected chi connectivity index (χ2v) is 7.68. The number of fused-ring (bicyclic) bond motifs is 2. The molecule has 7 heteroatoms. The van der Waals surface area contributed by atoms with Crippen molar-refractivity contribution < 1.29 is 28.5 Å². The van der Waals surface area contributed by atoms with Gasteiger partial charge in [-0.15, -0.1) is 0 Å². The van der Waals surface area contributed by atoms with Crippen LogP contribution in [-0.4, -0.2) is 36.1 Å². The molecule has 1 aromatic heterocycles. The van der Waals surface area contributed by atoms with Gasteiger partial charge in [-0.3, -0.25) is 4.79 Å². The highest BCUT2D eigenvalue weighted by Crippen LogP contribution is 2.36. The number of methoxy groups -OCH3 is 1. The van der Waals surface area contributed by atoms with Crippen LogP contribution in [0.5, 0.6) is 17.2 Å². The van der Waals surface area contributed by atoms with Crippen molar-refractivity contribution in [2.75, 3.05) is 13.7 Å². The van der Waals surface area contributed by atoms with Crippen LogP contribution >= 0.6 is 0 Å². The third-order valence-corrected chi connectivity index (χ3v) is 5.11. The molecule has 3 aromatic rings. The molecule has 32 heavy (non-hydrogen) atoms. The summed E-state index contributed by atoms with van der Waals surface area (Å²) in [4.78, 5) is 24.6. The summed E-state index contributed by atoms with van der Waals surface area (Å²) < 4.78 is 23.9. The summed E-state index contributed by atoms with van der Waals surface area (Å²) in [7, 11) is 1.62. The van der Waals surface area contributed by atoms with Gasteiger partial charge in [0.25, 0.3) is 0 Å². The lowest BCUT2D eigenvalue weighted by molar-refractivity contribution is -0.149. The zero-order chi connectivity index (χ0) is 22.8. The van der Waals surface area contributed by atoms with Crippen molar-refractivity contribution in [2.24, 2.45) is 0 Å². The zero-order valence-corrected chi connectivity index (χ0v) is 18.5. The third-order valence-electron chi connectivity index (χ3n) is 5.11. The highest BCUT2D eigenvalue weighted by Gasteiger charge is 2.28. The van der Waals surface area contributed by atoms with Gasteiger partial charge in [-0.2, -0.15) is 0 Å². The molecule has 4 rings (SSSR count). The minimum Gasteiger partial charge on any atom is -0.497 e. The zero-order valence-electron chi connectivity index (χ0n) is 18.5. The van der Waals surface area contributed by atoms with Crippen molar-refractivity contribution in [2.45, 2.75) is 33.4 Å². The van der Waals surface area contributed by atoms with Gasteiger partial charge in [0.2, 0.25) is 5.78 Å². The van der Waals surface area contributed by atoms with Gasteiger partial charge in [0.05, 0.1) is 18.8 Å². The fourth-order valence-electron chi connectivity index (χ4n) is 3.64. The second kappa shape index (κ2) is 8.78. The maximum Gasteiger partial charge on any atom is 0.344 e. The molecule has 0 aliphatic carbocycles. The molecule has 2 aromatic carbocycles. The van der Waals surface area contributed by atoms with Crippen LogP contribution in [0.25, 0.3) is 17.0 Å². The Morgan fingerprint density at radius 1 is 1.16 bits per heavy atom. The van der Waals surface area contributed by atoms with E-state index in [1.807, 2.05) is 24.4 Å². The number of Topliss-reactive ketones (excluding diaryl/α,β-unsaturated/α-hetero) is 1. The Bertz CT molecular complexity index is 1220. The van der Waals surface area contributed by atoms with Crippen LogP contribution in [0.1, 0.15) is 36.7 Å². The minimum absolute atomic E-state index is 0.203. The summed E-state index contributed by atoms with van der Waals surface area (Å²) in [5.74, 6) is 1.13. The number of carbonyl (C=O) groups excluding carboxylic acids is 2. The normalized spacial score (nSPS) is 14.0. The first-order chi connectivity index (χ1) is 15.4. The monoisotopic (exact) mass is 435 g/mol. The molecule has 0 saturated carbocycles. The Hall–Kier alpha value is -3.74. The van der Waals surface area contributed by atoms with Crippen molar-refractivity contribution in [3.05, 3.63) is 59.5 Å². The van der Waals surface area contributed by atoms with Gasteiger partial charge < -0.3 is 23.5 Å². The summed E-state index contributed by atoms with van der Waals surface area (Å²) in [5.41, 5.74) is 2.36. The minimum atomic E-state index is -0.458. The molecule has 1 aliphatic heterocycles. The first kappa shape index (κ1) is 21.5. The maximum absolute atomic E-state index is 12.9. The van der Waals surface area contributed by atoms with Crippen molar-refractivity contribution >= 4 is 28.7 Å². The predicted octanol–water partition coefficient (Wildman–Crippen LogP) is 4.62. The van der Waals surface area contributed by atoms with Crippen LogP contribution in [0.3, 0.4) is 0 Å². The standard InChI is InChI=1S/C25H25NO6/c1-5-26-13-16(20-11-17(29-4)7-9-21(20)26)10-23-25(28)19-8-6-18(12-22(19)32-23)30-14-24(27)31-15(2)3/h6-13,15H,5,14H2,1-4H3/b23-10+. The number of benzene rings is 2. The van der Waals surface area contributed by atoms with E-state index in [0.29, 0.717) is 17.1 Å². The van der Waals surface area contributed by atoms with Crippen LogP contribution in [-0.2, 0) is 16.1 Å². The summed E-state index contributed by atoms with van der Waals surface area (Å²) in [5, 5.41) is 0.971. The van der Waals surface area contributed by atoms with Gasteiger partial charge in [0, 0.05) is 35.3 Å². The number of rotatable bonds is 7. The molecule has 0 atom stereocenters. The average molecular weight is 435 g/mol. The van der Waals surface area contributed by atoms with E-state index in [1.54, 1.807) is 45.2 Å². The number of ether oxygens (including phenoxy) is 4. The van der Waals surface area contributed by atoms with Gasteiger partial charge >= 0.3 is 5.97 Å². The van der Waals surface area contributed by atoms with Gasteiger partial charge in [-0.25, -0.2) is 4.79 Å². The van der Waals surface area contributed by atoms with Gasteiger partial charge in [-0.05, 0) is 57.2 Å². The van der Waals surface area contributed by atoms with E-state index < -0.39 is 5.97 Å². The number of nitrogens with zero attached hydrogens (tertiary/aromatic N) is 1. The Balaban J connectivity index is 1.59. The van der Waals surface area contributed by atoms with Crippen LogP contribution in [0.4, 0.5) is 0 Å². The lowest BCUT2D eigenvalue weighted by Crippen LogP contribution is -2.18. The summed E-state index contributed by atoms with van der Waals surface area (Å²) in [6.45, 7) is 6.18. The van der Waals surface area contributed by atoms with Gasteiger partial charge in [0.1, 0.15) is 17.2 Å². The molecule has 0 radical (unpaired) electrons. The molecular formula is C25H25NO6. The van der Waals surface area contributed by atoms with Crippen molar-refractivity contribution in [3.8, 4) is 17.2 Å². The van der Waals surface area contributed by atoms with Crippen molar-refractivity contribution in [3.63, 3.8) is 0 Å². The number of carbonyl (C=O) groups is 2. The van der Waals surface area contributed by atoms with E-state index in [-0.39, 0.29) is 24.3 Å². The first-order valence-corrected chi connectivity index (χ1v) is 10.5. The topological polar surface area (TPSA) is 76.0 Å². The molecule has 7 nitrogen and oxygen atoms in total. The molecule has 1 aliphatic rings. The molecule has 0 fully saturated rings. The number of aryl methyl sites for hydroxylation is 1. The molecule has 0 spiro atoms. The molecule has 0 unspecified atom stereocenters. The van der Waals surface area contributed by atoms with Gasteiger partial charge in [-0.1, -0.05) is 0 Å². The molecule has 0 N–H and O–H groups in total. The lowest BCUT2D eigenvalue weighted by atomic mass is 10.1. The quantitative estimate of drug-likeness (QED) is 0.398. The fourth-order valence-corrected chi connectivity index (χ4v) is 3.64. The molecule has 0 amide bonds. The molecule has 166 valence electrons. The van der Waals surface area contributed by atoms with E-state index >= 15 is 0 Å². The van der Waals surface area contributed by atoms with Crippen LogP contribution in [0.2, 0.25) is 0 Å². The number of allylic oxidation sites excluding steroid dienone is 1. The Morgan fingerprint density at radius 2 is 1.94 bits per heavy atom. The predicted molar refractivity (Wildman–Crippen MR) is 120 cm³/mol. The largest absolute Gasteiger partial charge is 0.497 e. The highest BCUT2D eigenvalue weighted by atomic mass is 16.6. The number of esters is 1. The molecule has 0 saturated heterocycles. The fraction of sp³-hybridized carbons (Fsp3) is 0.280. The van der Waals surface area contributed by atoms with Crippen LogP contribution in [0.15, 0.2) is 48.4 Å². The lowest BCUT2D eigenvalue weighted by Gasteiger charge is -2.09. The Kier molecular flexibility index (Phi) is 5.90. The number of ketones is 1. The van der Waals surface area contributed by atoms with Crippen molar-refractivity contribution in [1.82, 2.24) is 4.57 Å². The number of hydrogen-bond acceptors (Lipinski definition) is 6. The van der Waals surface area contributed by atoms with E-state index in [0.717, 1.165) is 28.8 Å². The first-order valence-electron chi connectivity index (χ1n) is 10.5. The van der Waals surface area contributed by atoms with E-state index in [1.165, 1.54) is 0 Å². The third kappa shape index (κ3) is 4.19. The van der Waals surface area contributed by atoms with E-state index in [2.05, 4.69) is 11.5 Å². The summed E-state index contributed by atoms with van der Waals surface area (Å²) in [6, 6.07) is 10.7. The smallest absolute Gasteiger partial charge is 0.344 e. The summed E-state index contributed by atoms with van der Waals surface area (Å²) in [6.07, 6.45) is 3.53. The van der Waals surface area contributed by atoms with Gasteiger partial charge in [0.15, 0.2) is 12.4 Å². The maximum atomic E-state index is 12.9.